The molecule has 0 saturated heterocycles. The van der Waals surface area contributed by atoms with Gasteiger partial charge in [-0.1, -0.05) is 33.3 Å². The highest BCUT2D eigenvalue weighted by atomic mass is 16.5. The van der Waals surface area contributed by atoms with E-state index in [-0.39, 0.29) is 5.41 Å². The Morgan fingerprint density at radius 3 is 1.93 bits per heavy atom. The zero-order chi connectivity index (χ0) is 11.9. The molecule has 2 heteroatoms. The largest absolute Gasteiger partial charge is 0.384 e. The van der Waals surface area contributed by atoms with E-state index >= 15 is 0 Å². The normalized spacial score (nSPS) is 16.1. The number of methoxy groups -OCH3 is 2. The van der Waals surface area contributed by atoms with Crippen molar-refractivity contribution in [2.24, 2.45) is 17.3 Å². The number of allylic oxidation sites excluding steroid dienone is 1. The second-order valence-corrected chi connectivity index (χ2v) is 4.43. The third-order valence-corrected chi connectivity index (χ3v) is 3.68. The topological polar surface area (TPSA) is 18.5 Å². The van der Waals surface area contributed by atoms with E-state index in [1.807, 2.05) is 6.08 Å². The highest BCUT2D eigenvalue weighted by Gasteiger charge is 2.39. The molecule has 2 atom stereocenters. The Balaban J connectivity index is 4.95. The van der Waals surface area contributed by atoms with Crippen molar-refractivity contribution in [1.29, 1.82) is 0 Å². The molecule has 15 heavy (non-hydrogen) atoms. The van der Waals surface area contributed by atoms with E-state index in [2.05, 4.69) is 27.4 Å². The first kappa shape index (κ1) is 14.7. The van der Waals surface area contributed by atoms with Gasteiger partial charge in [0.15, 0.2) is 0 Å². The second kappa shape index (κ2) is 7.02. The molecule has 0 rings (SSSR count). The summed E-state index contributed by atoms with van der Waals surface area (Å²) in [5.74, 6) is 0.956. The first-order valence-corrected chi connectivity index (χ1v) is 5.69. The van der Waals surface area contributed by atoms with Crippen LogP contribution in [0.4, 0.5) is 0 Å². The van der Waals surface area contributed by atoms with Gasteiger partial charge in [-0.05, 0) is 11.8 Å². The minimum Gasteiger partial charge on any atom is -0.384 e. The van der Waals surface area contributed by atoms with Gasteiger partial charge >= 0.3 is 0 Å². The van der Waals surface area contributed by atoms with Gasteiger partial charge in [-0.3, -0.25) is 0 Å². The minimum atomic E-state index is 0.0556. The zero-order valence-corrected chi connectivity index (χ0v) is 10.9. The molecule has 2 nitrogen and oxygen atoms in total. The van der Waals surface area contributed by atoms with Crippen LogP contribution in [-0.4, -0.2) is 27.4 Å². The first-order valence-electron chi connectivity index (χ1n) is 5.69. The number of rotatable bonds is 8. The van der Waals surface area contributed by atoms with Crippen molar-refractivity contribution in [3.63, 3.8) is 0 Å². The van der Waals surface area contributed by atoms with Crippen LogP contribution in [0.15, 0.2) is 12.7 Å². The molecule has 0 aromatic heterocycles. The fourth-order valence-electron chi connectivity index (χ4n) is 2.22. The predicted octanol–water partition coefficient (Wildman–Crippen LogP) is 3.13. The number of hydrogen-bond acceptors (Lipinski definition) is 2. The fraction of sp³-hybridized carbons (Fsp3) is 0.846. The van der Waals surface area contributed by atoms with Crippen molar-refractivity contribution in [2.75, 3.05) is 27.4 Å². The van der Waals surface area contributed by atoms with E-state index in [1.165, 1.54) is 0 Å². The molecule has 0 N–H and O–H groups in total. The van der Waals surface area contributed by atoms with Gasteiger partial charge in [0.05, 0.1) is 13.2 Å². The monoisotopic (exact) mass is 214 g/mol. The maximum absolute atomic E-state index is 5.38. The Bertz CT molecular complexity index is 171. The molecule has 0 radical (unpaired) electrons. The lowest BCUT2D eigenvalue weighted by Gasteiger charge is -2.41. The molecule has 0 bridgehead atoms. The summed E-state index contributed by atoms with van der Waals surface area (Å²) in [4.78, 5) is 0. The summed E-state index contributed by atoms with van der Waals surface area (Å²) in [6.07, 6.45) is 3.13. The van der Waals surface area contributed by atoms with Gasteiger partial charge in [-0.2, -0.15) is 0 Å². The minimum absolute atomic E-state index is 0.0556. The van der Waals surface area contributed by atoms with Crippen LogP contribution in [0.3, 0.4) is 0 Å². The number of ether oxygens (including phenoxy) is 2. The van der Waals surface area contributed by atoms with Gasteiger partial charge in [0.1, 0.15) is 0 Å². The lowest BCUT2D eigenvalue weighted by molar-refractivity contribution is -0.0498. The molecule has 0 aromatic carbocycles. The van der Waals surface area contributed by atoms with Gasteiger partial charge in [-0.25, -0.2) is 0 Å². The molecule has 0 fully saturated rings. The highest BCUT2D eigenvalue weighted by molar-refractivity contribution is 4.95. The Kier molecular flexibility index (Phi) is 6.86. The van der Waals surface area contributed by atoms with Crippen molar-refractivity contribution in [2.45, 2.75) is 27.2 Å². The fourth-order valence-corrected chi connectivity index (χ4v) is 2.22. The second-order valence-electron chi connectivity index (χ2n) is 4.43. The quantitative estimate of drug-likeness (QED) is 0.578. The van der Waals surface area contributed by atoms with E-state index in [1.54, 1.807) is 14.2 Å². The molecule has 0 saturated carbocycles. The van der Waals surface area contributed by atoms with Crippen LogP contribution in [0.5, 0.6) is 0 Å². The van der Waals surface area contributed by atoms with Gasteiger partial charge in [0, 0.05) is 19.6 Å². The number of hydrogen-bond donors (Lipinski definition) is 0. The van der Waals surface area contributed by atoms with E-state index < -0.39 is 0 Å². The van der Waals surface area contributed by atoms with Gasteiger partial charge in [-0.15, -0.1) is 6.58 Å². The first-order chi connectivity index (χ1) is 7.08. The van der Waals surface area contributed by atoms with Crippen molar-refractivity contribution in [3.05, 3.63) is 12.7 Å². The Morgan fingerprint density at radius 1 is 1.20 bits per heavy atom. The van der Waals surface area contributed by atoms with Crippen LogP contribution < -0.4 is 0 Å². The van der Waals surface area contributed by atoms with Gasteiger partial charge in [0.2, 0.25) is 0 Å². The molecule has 0 amide bonds. The summed E-state index contributed by atoms with van der Waals surface area (Å²) in [5, 5.41) is 0. The van der Waals surface area contributed by atoms with Crippen LogP contribution in [0.25, 0.3) is 0 Å². The average Bonchev–Trinajstić information content (AvgIpc) is 2.26. The van der Waals surface area contributed by atoms with Crippen molar-refractivity contribution in [1.82, 2.24) is 0 Å². The predicted molar refractivity (Wildman–Crippen MR) is 65.0 cm³/mol. The van der Waals surface area contributed by atoms with Crippen LogP contribution in [0.2, 0.25) is 0 Å². The lowest BCUT2D eigenvalue weighted by atomic mass is 9.67. The molecule has 90 valence electrons. The molecular weight excluding hydrogens is 188 g/mol. The third kappa shape index (κ3) is 3.32. The van der Waals surface area contributed by atoms with Crippen molar-refractivity contribution in [3.8, 4) is 0 Å². The molecule has 0 heterocycles. The summed E-state index contributed by atoms with van der Waals surface area (Å²) in [6, 6.07) is 0. The molecular formula is C13H26O2. The van der Waals surface area contributed by atoms with Gasteiger partial charge < -0.3 is 9.47 Å². The molecule has 0 aromatic rings. The Morgan fingerprint density at radius 2 is 1.67 bits per heavy atom. The Labute approximate surface area is 94.7 Å². The summed E-state index contributed by atoms with van der Waals surface area (Å²) < 4.78 is 10.8. The zero-order valence-electron chi connectivity index (χ0n) is 10.9. The highest BCUT2D eigenvalue weighted by Crippen LogP contribution is 2.39. The van der Waals surface area contributed by atoms with Crippen LogP contribution in [0.1, 0.15) is 27.2 Å². The SMILES string of the molecule is C=CC(C)C(COC)(COC)C(C)CC. The molecule has 0 spiro atoms. The van der Waals surface area contributed by atoms with Crippen LogP contribution in [0, 0.1) is 17.3 Å². The third-order valence-electron chi connectivity index (χ3n) is 3.68. The summed E-state index contributed by atoms with van der Waals surface area (Å²) in [6.45, 7) is 12.0. The van der Waals surface area contributed by atoms with E-state index in [4.69, 9.17) is 9.47 Å². The standard InChI is InChI=1S/C13H26O2/c1-7-11(3)13(9-14-5,10-15-6)12(4)8-2/h7,11-12H,1,8-10H2,2-6H3. The maximum atomic E-state index is 5.38. The molecule has 0 aliphatic rings. The molecule has 2 unspecified atom stereocenters. The van der Waals surface area contributed by atoms with Crippen LogP contribution in [-0.2, 0) is 9.47 Å². The van der Waals surface area contributed by atoms with Crippen molar-refractivity contribution < 1.29 is 9.47 Å². The molecule has 0 aliphatic heterocycles. The maximum Gasteiger partial charge on any atom is 0.0548 e. The summed E-state index contributed by atoms with van der Waals surface area (Å²) >= 11 is 0. The van der Waals surface area contributed by atoms with E-state index in [9.17, 15) is 0 Å². The van der Waals surface area contributed by atoms with Gasteiger partial charge in [0.25, 0.3) is 0 Å². The Hall–Kier alpha value is -0.340. The molecule has 0 aliphatic carbocycles. The van der Waals surface area contributed by atoms with Crippen LogP contribution >= 0.6 is 0 Å². The summed E-state index contributed by atoms with van der Waals surface area (Å²) in [5.41, 5.74) is 0.0556. The lowest BCUT2D eigenvalue weighted by Crippen LogP contribution is -2.43. The van der Waals surface area contributed by atoms with E-state index in [0.29, 0.717) is 11.8 Å². The average molecular weight is 214 g/mol. The smallest absolute Gasteiger partial charge is 0.0548 e. The summed E-state index contributed by atoms with van der Waals surface area (Å²) in [7, 11) is 3.51. The van der Waals surface area contributed by atoms with Crippen molar-refractivity contribution >= 4 is 0 Å². The van der Waals surface area contributed by atoms with E-state index in [0.717, 1.165) is 19.6 Å².